The van der Waals surface area contributed by atoms with Crippen LogP contribution in [0, 0.1) is 13.8 Å². The largest absolute Gasteiger partial charge is 0.361 e. The van der Waals surface area contributed by atoms with E-state index in [2.05, 4.69) is 15.1 Å². The van der Waals surface area contributed by atoms with E-state index in [1.54, 1.807) is 16.7 Å². The smallest absolute Gasteiger partial charge is 0.273 e. The predicted molar refractivity (Wildman–Crippen MR) is 91.6 cm³/mol. The zero-order valence-electron chi connectivity index (χ0n) is 15.0. The summed E-state index contributed by atoms with van der Waals surface area (Å²) in [5.41, 5.74) is 1.27. The molecule has 1 unspecified atom stereocenters. The van der Waals surface area contributed by atoms with Crippen molar-refractivity contribution in [1.82, 2.24) is 24.9 Å². The summed E-state index contributed by atoms with van der Waals surface area (Å²) in [4.78, 5) is 46.2. The summed E-state index contributed by atoms with van der Waals surface area (Å²) in [7, 11) is 0. The Kier molecular flexibility index (Phi) is 4.88. The van der Waals surface area contributed by atoms with Gasteiger partial charge in [-0.05, 0) is 20.8 Å². The fraction of sp³-hybridized carbons (Fsp3) is 0.471. The highest BCUT2D eigenvalue weighted by atomic mass is 16.5. The summed E-state index contributed by atoms with van der Waals surface area (Å²) >= 11 is 0. The third-order valence-electron chi connectivity index (χ3n) is 4.65. The molecule has 3 rings (SSSR count). The van der Waals surface area contributed by atoms with E-state index in [1.165, 1.54) is 12.4 Å². The van der Waals surface area contributed by atoms with Crippen LogP contribution < -0.4 is 5.56 Å². The van der Waals surface area contributed by atoms with Gasteiger partial charge in [0.1, 0.15) is 11.5 Å². The van der Waals surface area contributed by atoms with Gasteiger partial charge >= 0.3 is 0 Å². The van der Waals surface area contributed by atoms with Crippen molar-refractivity contribution in [3.8, 4) is 0 Å². The number of rotatable bonds is 3. The highest BCUT2D eigenvalue weighted by molar-refractivity contribution is 5.92. The summed E-state index contributed by atoms with van der Waals surface area (Å²) in [6.07, 6.45) is 1.45. The SMILES string of the molecule is Cc1noc(C)c1CC(=O)N1CCN(C(=O)c2cc(=O)[nH]cn2)C(C)C1. The molecule has 1 aliphatic rings. The summed E-state index contributed by atoms with van der Waals surface area (Å²) in [6, 6.07) is 1.01. The number of aromatic nitrogens is 3. The minimum atomic E-state index is -0.371. The van der Waals surface area contributed by atoms with Gasteiger partial charge in [-0.3, -0.25) is 14.4 Å². The van der Waals surface area contributed by atoms with Crippen LogP contribution in [-0.4, -0.2) is 62.4 Å². The second-order valence-corrected chi connectivity index (χ2v) is 6.46. The minimum Gasteiger partial charge on any atom is -0.361 e. The van der Waals surface area contributed by atoms with E-state index in [9.17, 15) is 14.4 Å². The van der Waals surface area contributed by atoms with E-state index in [1.807, 2.05) is 13.8 Å². The molecule has 1 saturated heterocycles. The molecule has 0 spiro atoms. The first kappa shape index (κ1) is 17.8. The van der Waals surface area contributed by atoms with Crippen LogP contribution in [0.15, 0.2) is 21.7 Å². The van der Waals surface area contributed by atoms with E-state index in [0.29, 0.717) is 25.4 Å². The number of H-pyrrole nitrogens is 1. The lowest BCUT2D eigenvalue weighted by Crippen LogP contribution is -2.55. The summed E-state index contributed by atoms with van der Waals surface area (Å²) in [5.74, 6) is 0.326. The molecule has 2 aromatic rings. The standard InChI is InChI=1S/C17H21N5O4/c1-10-8-21(16(24)6-13-11(2)20-26-12(13)3)4-5-22(10)17(25)14-7-15(23)19-9-18-14/h7,9-10H,4-6,8H2,1-3H3,(H,18,19,23). The predicted octanol–water partition coefficient (Wildman–Crippen LogP) is 0.290. The van der Waals surface area contributed by atoms with Gasteiger partial charge in [0.25, 0.3) is 11.5 Å². The van der Waals surface area contributed by atoms with Crippen LogP contribution >= 0.6 is 0 Å². The van der Waals surface area contributed by atoms with Crippen molar-refractivity contribution < 1.29 is 14.1 Å². The van der Waals surface area contributed by atoms with Crippen LogP contribution in [0.3, 0.4) is 0 Å². The van der Waals surface area contributed by atoms with Gasteiger partial charge in [-0.15, -0.1) is 0 Å². The molecule has 2 amide bonds. The average molecular weight is 359 g/mol. The molecule has 26 heavy (non-hydrogen) atoms. The maximum absolute atomic E-state index is 12.6. The number of piperazine rings is 1. The van der Waals surface area contributed by atoms with Crippen LogP contribution in [0.5, 0.6) is 0 Å². The number of carbonyl (C=O) groups excluding carboxylic acids is 2. The van der Waals surface area contributed by atoms with Gasteiger partial charge in [0.05, 0.1) is 18.4 Å². The van der Waals surface area contributed by atoms with Crippen molar-refractivity contribution in [3.05, 3.63) is 45.5 Å². The Morgan fingerprint density at radius 2 is 2.12 bits per heavy atom. The second-order valence-electron chi connectivity index (χ2n) is 6.46. The van der Waals surface area contributed by atoms with E-state index in [-0.39, 0.29) is 35.5 Å². The molecule has 0 bridgehead atoms. The maximum atomic E-state index is 12.6. The van der Waals surface area contributed by atoms with Gasteiger partial charge < -0.3 is 19.3 Å². The van der Waals surface area contributed by atoms with E-state index >= 15 is 0 Å². The summed E-state index contributed by atoms with van der Waals surface area (Å²) < 4.78 is 5.10. The number of hydrogen-bond donors (Lipinski definition) is 1. The zero-order chi connectivity index (χ0) is 18.8. The molecule has 2 aromatic heterocycles. The molecule has 9 heteroatoms. The average Bonchev–Trinajstić information content (AvgIpc) is 2.93. The van der Waals surface area contributed by atoms with E-state index in [4.69, 9.17) is 4.52 Å². The normalized spacial score (nSPS) is 17.4. The number of nitrogens with one attached hydrogen (secondary N) is 1. The molecule has 1 atom stereocenters. The third-order valence-corrected chi connectivity index (χ3v) is 4.65. The van der Waals surface area contributed by atoms with Gasteiger partial charge in [0.15, 0.2) is 0 Å². The minimum absolute atomic E-state index is 0.0207. The van der Waals surface area contributed by atoms with E-state index < -0.39 is 0 Å². The molecule has 0 aliphatic carbocycles. The highest BCUT2D eigenvalue weighted by Crippen LogP contribution is 2.17. The lowest BCUT2D eigenvalue weighted by Gasteiger charge is -2.39. The number of hydrogen-bond acceptors (Lipinski definition) is 6. The fourth-order valence-corrected chi connectivity index (χ4v) is 3.14. The topological polar surface area (TPSA) is 112 Å². The van der Waals surface area contributed by atoms with Crippen LogP contribution in [-0.2, 0) is 11.2 Å². The molecule has 0 aromatic carbocycles. The molecule has 1 aliphatic heterocycles. The number of aromatic amines is 1. The van der Waals surface area contributed by atoms with Gasteiger partial charge in [0.2, 0.25) is 5.91 Å². The number of aryl methyl sites for hydroxylation is 2. The van der Waals surface area contributed by atoms with Gasteiger partial charge in [-0.25, -0.2) is 4.98 Å². The quantitative estimate of drug-likeness (QED) is 0.843. The molecule has 3 heterocycles. The Morgan fingerprint density at radius 1 is 1.35 bits per heavy atom. The fourth-order valence-electron chi connectivity index (χ4n) is 3.14. The van der Waals surface area contributed by atoms with Crippen molar-refractivity contribution in [3.63, 3.8) is 0 Å². The second kappa shape index (κ2) is 7.11. The Morgan fingerprint density at radius 3 is 2.73 bits per heavy atom. The third kappa shape index (κ3) is 3.51. The van der Waals surface area contributed by atoms with Gasteiger partial charge in [-0.1, -0.05) is 5.16 Å². The lowest BCUT2D eigenvalue weighted by atomic mass is 10.1. The number of amides is 2. The summed E-state index contributed by atoms with van der Waals surface area (Å²) in [6.45, 7) is 6.73. The molecule has 0 saturated carbocycles. The van der Waals surface area contributed by atoms with Crippen LogP contribution in [0.1, 0.15) is 34.4 Å². The number of nitrogens with zero attached hydrogens (tertiary/aromatic N) is 4. The van der Waals surface area contributed by atoms with Crippen LogP contribution in [0.4, 0.5) is 0 Å². The van der Waals surface area contributed by atoms with Crippen molar-refractivity contribution in [2.75, 3.05) is 19.6 Å². The highest BCUT2D eigenvalue weighted by Gasteiger charge is 2.31. The first-order valence-electron chi connectivity index (χ1n) is 8.42. The lowest BCUT2D eigenvalue weighted by molar-refractivity contribution is -0.132. The maximum Gasteiger partial charge on any atom is 0.273 e. The van der Waals surface area contributed by atoms with Gasteiger partial charge in [0, 0.05) is 37.3 Å². The van der Waals surface area contributed by atoms with Crippen molar-refractivity contribution in [2.45, 2.75) is 33.2 Å². The zero-order valence-corrected chi connectivity index (χ0v) is 15.0. The van der Waals surface area contributed by atoms with Crippen molar-refractivity contribution in [2.24, 2.45) is 0 Å². The molecule has 1 N–H and O–H groups in total. The first-order chi connectivity index (χ1) is 12.4. The Balaban J connectivity index is 1.65. The molecule has 9 nitrogen and oxygen atoms in total. The molecular weight excluding hydrogens is 338 g/mol. The van der Waals surface area contributed by atoms with Crippen molar-refractivity contribution in [1.29, 1.82) is 0 Å². The Labute approximate surface area is 150 Å². The monoisotopic (exact) mass is 359 g/mol. The molecule has 0 radical (unpaired) electrons. The summed E-state index contributed by atoms with van der Waals surface area (Å²) in [5, 5.41) is 3.87. The first-order valence-corrected chi connectivity index (χ1v) is 8.42. The molecule has 1 fully saturated rings. The van der Waals surface area contributed by atoms with E-state index in [0.717, 1.165) is 11.3 Å². The Bertz CT molecular complexity index is 868. The molecular formula is C17H21N5O4. The van der Waals surface area contributed by atoms with Crippen molar-refractivity contribution >= 4 is 11.8 Å². The molecule has 138 valence electrons. The Hall–Kier alpha value is -2.97. The van der Waals surface area contributed by atoms with Crippen LogP contribution in [0.2, 0.25) is 0 Å². The van der Waals surface area contributed by atoms with Crippen LogP contribution in [0.25, 0.3) is 0 Å². The number of carbonyl (C=O) groups is 2. The van der Waals surface area contributed by atoms with Gasteiger partial charge in [-0.2, -0.15) is 0 Å².